The minimum atomic E-state index is -0.462. The number of carbonyl (C=O) groups is 2. The van der Waals surface area contributed by atoms with Crippen molar-refractivity contribution in [1.82, 2.24) is 20.5 Å². The summed E-state index contributed by atoms with van der Waals surface area (Å²) in [6.07, 6.45) is 0.106. The van der Waals surface area contributed by atoms with Gasteiger partial charge in [0.25, 0.3) is 5.91 Å². The Labute approximate surface area is 80.1 Å². The Bertz CT molecular complexity index is 346. The van der Waals surface area contributed by atoms with E-state index in [1.54, 1.807) is 6.92 Å². The van der Waals surface area contributed by atoms with Gasteiger partial charge in [-0.2, -0.15) is 0 Å². The fourth-order valence-corrected chi connectivity index (χ4v) is 0.823. The molecule has 0 radical (unpaired) electrons. The molecule has 0 aromatic carbocycles. The molecular weight excluding hydrogens is 186 g/mol. The standard InChI is InChI=1S/C7H11N5O2/c1-4-10-6(12-11-4)7(14)9-3-2-5(8)13/h2-3H2,1H3,(H2,8,13)(H,9,14)(H,10,11,12). The number of aromatic amines is 1. The molecule has 7 nitrogen and oxygen atoms in total. The number of aromatic nitrogens is 3. The van der Waals surface area contributed by atoms with Crippen molar-refractivity contribution in [2.24, 2.45) is 5.73 Å². The molecule has 0 spiro atoms. The molecule has 2 amide bonds. The number of H-pyrrole nitrogens is 1. The van der Waals surface area contributed by atoms with E-state index in [0.29, 0.717) is 5.82 Å². The maximum atomic E-state index is 11.2. The van der Waals surface area contributed by atoms with Crippen LogP contribution in [0.25, 0.3) is 0 Å². The molecule has 1 rings (SSSR count). The normalized spacial score (nSPS) is 9.79. The van der Waals surface area contributed by atoms with Crippen molar-refractivity contribution in [1.29, 1.82) is 0 Å². The van der Waals surface area contributed by atoms with Gasteiger partial charge < -0.3 is 11.1 Å². The second-order valence-corrected chi connectivity index (χ2v) is 2.72. The minimum Gasteiger partial charge on any atom is -0.370 e. The predicted molar refractivity (Wildman–Crippen MR) is 47.3 cm³/mol. The molecule has 0 saturated carbocycles. The number of hydrogen-bond acceptors (Lipinski definition) is 4. The molecule has 1 aromatic heterocycles. The van der Waals surface area contributed by atoms with Gasteiger partial charge in [-0.25, -0.2) is 4.98 Å². The Morgan fingerprint density at radius 1 is 1.57 bits per heavy atom. The van der Waals surface area contributed by atoms with E-state index < -0.39 is 11.8 Å². The van der Waals surface area contributed by atoms with E-state index >= 15 is 0 Å². The summed E-state index contributed by atoms with van der Waals surface area (Å²) in [5.41, 5.74) is 4.89. The van der Waals surface area contributed by atoms with E-state index in [0.717, 1.165) is 0 Å². The number of nitrogens with one attached hydrogen (secondary N) is 2. The van der Waals surface area contributed by atoms with Crippen LogP contribution in [0.3, 0.4) is 0 Å². The summed E-state index contributed by atoms with van der Waals surface area (Å²) in [5, 5.41) is 8.64. The molecule has 1 heterocycles. The number of nitrogens with two attached hydrogens (primary N) is 1. The average molecular weight is 197 g/mol. The zero-order valence-corrected chi connectivity index (χ0v) is 7.70. The number of aryl methyl sites for hydroxylation is 1. The lowest BCUT2D eigenvalue weighted by atomic mass is 10.4. The summed E-state index contributed by atoms with van der Waals surface area (Å²) in [4.78, 5) is 25.4. The highest BCUT2D eigenvalue weighted by atomic mass is 16.2. The molecule has 0 fully saturated rings. The Kier molecular flexibility index (Phi) is 3.16. The van der Waals surface area contributed by atoms with E-state index in [2.05, 4.69) is 20.5 Å². The fraction of sp³-hybridized carbons (Fsp3) is 0.429. The molecule has 1 aromatic rings. The molecule has 0 aliphatic heterocycles. The van der Waals surface area contributed by atoms with Crippen molar-refractivity contribution in [3.8, 4) is 0 Å². The van der Waals surface area contributed by atoms with Gasteiger partial charge in [0.15, 0.2) is 0 Å². The monoisotopic (exact) mass is 197 g/mol. The quantitative estimate of drug-likeness (QED) is 0.557. The second kappa shape index (κ2) is 4.35. The summed E-state index contributed by atoms with van der Waals surface area (Å²) in [7, 11) is 0. The largest absolute Gasteiger partial charge is 0.370 e. The Hall–Kier alpha value is -1.92. The van der Waals surface area contributed by atoms with Gasteiger partial charge >= 0.3 is 0 Å². The van der Waals surface area contributed by atoms with Crippen molar-refractivity contribution in [2.45, 2.75) is 13.3 Å². The number of nitrogens with zero attached hydrogens (tertiary/aromatic N) is 2. The van der Waals surface area contributed by atoms with E-state index in [1.165, 1.54) is 0 Å². The molecule has 0 saturated heterocycles. The van der Waals surface area contributed by atoms with Crippen LogP contribution in [-0.4, -0.2) is 33.5 Å². The number of amides is 2. The van der Waals surface area contributed by atoms with Crippen LogP contribution in [0.15, 0.2) is 0 Å². The van der Waals surface area contributed by atoms with Crippen LogP contribution in [0.1, 0.15) is 22.9 Å². The molecule has 0 aliphatic carbocycles. The number of carbonyl (C=O) groups excluding carboxylic acids is 2. The van der Waals surface area contributed by atoms with Gasteiger partial charge in [-0.1, -0.05) is 0 Å². The third-order valence-electron chi connectivity index (χ3n) is 1.46. The summed E-state index contributed by atoms with van der Waals surface area (Å²) < 4.78 is 0. The van der Waals surface area contributed by atoms with E-state index in [4.69, 9.17) is 5.73 Å². The first-order valence-corrected chi connectivity index (χ1v) is 4.05. The van der Waals surface area contributed by atoms with Crippen LogP contribution in [0.4, 0.5) is 0 Å². The van der Waals surface area contributed by atoms with Crippen molar-refractivity contribution in [3.05, 3.63) is 11.6 Å². The fourth-order valence-electron chi connectivity index (χ4n) is 0.823. The van der Waals surface area contributed by atoms with Gasteiger partial charge in [0.2, 0.25) is 11.7 Å². The maximum absolute atomic E-state index is 11.2. The van der Waals surface area contributed by atoms with E-state index in [9.17, 15) is 9.59 Å². The average Bonchev–Trinajstić information content (AvgIpc) is 2.51. The smallest absolute Gasteiger partial charge is 0.290 e. The van der Waals surface area contributed by atoms with Crippen LogP contribution in [0.2, 0.25) is 0 Å². The summed E-state index contributed by atoms with van der Waals surface area (Å²) in [5.74, 6) is -0.260. The topological polar surface area (TPSA) is 114 Å². The third-order valence-corrected chi connectivity index (χ3v) is 1.46. The second-order valence-electron chi connectivity index (χ2n) is 2.72. The summed E-state index contributed by atoms with van der Waals surface area (Å²) >= 11 is 0. The number of hydrogen-bond donors (Lipinski definition) is 3. The van der Waals surface area contributed by atoms with Gasteiger partial charge in [0.1, 0.15) is 5.82 Å². The zero-order chi connectivity index (χ0) is 10.6. The first kappa shape index (κ1) is 10.2. The van der Waals surface area contributed by atoms with Crippen molar-refractivity contribution in [3.63, 3.8) is 0 Å². The first-order valence-electron chi connectivity index (χ1n) is 4.05. The van der Waals surface area contributed by atoms with Crippen LogP contribution in [0.5, 0.6) is 0 Å². The molecule has 4 N–H and O–H groups in total. The van der Waals surface area contributed by atoms with Gasteiger partial charge in [0, 0.05) is 13.0 Å². The molecule has 76 valence electrons. The lowest BCUT2D eigenvalue weighted by Crippen LogP contribution is -2.28. The van der Waals surface area contributed by atoms with Crippen LogP contribution < -0.4 is 11.1 Å². The molecule has 7 heteroatoms. The Morgan fingerprint density at radius 3 is 2.79 bits per heavy atom. The van der Waals surface area contributed by atoms with Gasteiger partial charge in [-0.15, -0.1) is 5.10 Å². The highest BCUT2D eigenvalue weighted by Gasteiger charge is 2.09. The first-order chi connectivity index (χ1) is 6.59. The highest BCUT2D eigenvalue weighted by Crippen LogP contribution is 1.89. The molecule has 0 bridgehead atoms. The highest BCUT2D eigenvalue weighted by molar-refractivity contribution is 5.90. The SMILES string of the molecule is Cc1nc(C(=O)NCCC(N)=O)n[nH]1. The van der Waals surface area contributed by atoms with Crippen LogP contribution in [-0.2, 0) is 4.79 Å². The molecule has 14 heavy (non-hydrogen) atoms. The van der Waals surface area contributed by atoms with Crippen molar-refractivity contribution >= 4 is 11.8 Å². The van der Waals surface area contributed by atoms with Crippen molar-refractivity contribution < 1.29 is 9.59 Å². The van der Waals surface area contributed by atoms with Crippen molar-refractivity contribution in [2.75, 3.05) is 6.54 Å². The zero-order valence-electron chi connectivity index (χ0n) is 7.70. The minimum absolute atomic E-state index is 0.0620. The third kappa shape index (κ3) is 2.85. The predicted octanol–water partition coefficient (Wildman–Crippen LogP) is -1.28. The molecule has 0 unspecified atom stereocenters. The Balaban J connectivity index is 2.39. The van der Waals surface area contributed by atoms with Gasteiger partial charge in [-0.05, 0) is 6.92 Å². The molecule has 0 aliphatic rings. The number of primary amides is 1. The maximum Gasteiger partial charge on any atom is 0.290 e. The Morgan fingerprint density at radius 2 is 2.29 bits per heavy atom. The lowest BCUT2D eigenvalue weighted by molar-refractivity contribution is -0.117. The molecule has 0 atom stereocenters. The van der Waals surface area contributed by atoms with E-state index in [1.807, 2.05) is 0 Å². The van der Waals surface area contributed by atoms with E-state index in [-0.39, 0.29) is 18.8 Å². The summed E-state index contributed by atoms with van der Waals surface area (Å²) in [6, 6.07) is 0. The number of rotatable bonds is 4. The lowest BCUT2D eigenvalue weighted by Gasteiger charge is -1.98. The van der Waals surface area contributed by atoms with Gasteiger partial charge in [0.05, 0.1) is 0 Å². The summed E-state index contributed by atoms with van der Waals surface area (Å²) in [6.45, 7) is 1.88. The van der Waals surface area contributed by atoms with Gasteiger partial charge in [-0.3, -0.25) is 14.7 Å². The molecular formula is C7H11N5O2. The van der Waals surface area contributed by atoms with Crippen LogP contribution in [0, 0.1) is 6.92 Å². The van der Waals surface area contributed by atoms with Crippen LogP contribution >= 0.6 is 0 Å².